The normalized spacial score (nSPS) is 32.8. The minimum absolute atomic E-state index is 0.0431. The Morgan fingerprint density at radius 2 is 1.96 bits per heavy atom. The van der Waals surface area contributed by atoms with E-state index in [1.54, 1.807) is 0 Å². The third-order valence-corrected chi connectivity index (χ3v) is 7.93. The van der Waals surface area contributed by atoms with Crippen LogP contribution in [0.4, 0.5) is 0 Å². The van der Waals surface area contributed by atoms with Crippen molar-refractivity contribution in [2.24, 2.45) is 17.3 Å². The lowest BCUT2D eigenvalue weighted by atomic mass is 9.55. The summed E-state index contributed by atoms with van der Waals surface area (Å²) in [5.41, 5.74) is 3.98. The molecule has 4 atom stereocenters. The fourth-order valence-corrected chi connectivity index (χ4v) is 6.37. The van der Waals surface area contributed by atoms with Crippen LogP contribution in [0.15, 0.2) is 12.1 Å². The number of aryl methyl sites for hydroxylation is 2. The molecule has 0 amide bonds. The van der Waals surface area contributed by atoms with Crippen LogP contribution in [0.1, 0.15) is 94.2 Å². The third kappa shape index (κ3) is 2.90. The summed E-state index contributed by atoms with van der Waals surface area (Å²) in [6.45, 7) is 4.48. The molecule has 0 saturated heterocycles. The van der Waals surface area contributed by atoms with Crippen LogP contribution in [0.25, 0.3) is 0 Å². The Hall–Kier alpha value is -1.31. The highest BCUT2D eigenvalue weighted by molar-refractivity contribution is 5.87. The predicted molar refractivity (Wildman–Crippen MR) is 106 cm³/mol. The minimum atomic E-state index is -0.0431. The maximum atomic E-state index is 12.5. The second-order valence-electron chi connectivity index (χ2n) is 9.32. The Morgan fingerprint density at radius 3 is 2.77 bits per heavy atom. The molecule has 3 unspecified atom stereocenters. The average molecular weight is 355 g/mol. The van der Waals surface area contributed by atoms with E-state index in [1.165, 1.54) is 43.2 Å². The lowest BCUT2D eigenvalue weighted by Crippen LogP contribution is -2.42. The first kappa shape index (κ1) is 18.1. The largest absolute Gasteiger partial charge is 0.508 e. The van der Waals surface area contributed by atoms with E-state index >= 15 is 0 Å². The van der Waals surface area contributed by atoms with Crippen LogP contribution in [0.5, 0.6) is 5.75 Å². The van der Waals surface area contributed by atoms with Crippen LogP contribution in [-0.2, 0) is 17.6 Å². The zero-order chi connectivity index (χ0) is 18.3. The van der Waals surface area contributed by atoms with Crippen LogP contribution < -0.4 is 0 Å². The lowest BCUT2D eigenvalue weighted by Gasteiger charge is -2.48. The summed E-state index contributed by atoms with van der Waals surface area (Å²) in [4.78, 5) is 12.5. The maximum absolute atomic E-state index is 12.5. The first-order chi connectivity index (χ1) is 12.5. The van der Waals surface area contributed by atoms with Crippen molar-refractivity contribution in [2.45, 2.75) is 90.4 Å². The number of aromatic hydroxyl groups is 1. The van der Waals surface area contributed by atoms with Gasteiger partial charge in [-0.1, -0.05) is 39.2 Å². The first-order valence-electron chi connectivity index (χ1n) is 10.9. The molecule has 0 aliphatic heterocycles. The molecule has 2 nitrogen and oxygen atoms in total. The van der Waals surface area contributed by atoms with Gasteiger partial charge in [0.25, 0.3) is 0 Å². The van der Waals surface area contributed by atoms with Gasteiger partial charge < -0.3 is 5.11 Å². The van der Waals surface area contributed by atoms with Gasteiger partial charge in [0.1, 0.15) is 11.5 Å². The molecule has 0 heterocycles. The van der Waals surface area contributed by atoms with E-state index in [1.807, 2.05) is 0 Å². The number of carbonyl (C=O) groups excluding carboxylic acids is 1. The number of benzene rings is 1. The smallest absolute Gasteiger partial charge is 0.139 e. The van der Waals surface area contributed by atoms with E-state index < -0.39 is 0 Å². The Morgan fingerprint density at radius 1 is 1.12 bits per heavy atom. The van der Waals surface area contributed by atoms with E-state index in [4.69, 9.17) is 0 Å². The summed E-state index contributed by atoms with van der Waals surface area (Å²) in [5, 5.41) is 10.5. The van der Waals surface area contributed by atoms with E-state index in [0.29, 0.717) is 29.3 Å². The fraction of sp³-hybridized carbons (Fsp3) is 0.708. The molecule has 3 aliphatic rings. The number of phenolic OH excluding ortho intramolecular Hbond substituents is 1. The van der Waals surface area contributed by atoms with Gasteiger partial charge in [-0.15, -0.1) is 0 Å². The van der Waals surface area contributed by atoms with E-state index in [0.717, 1.165) is 44.1 Å². The van der Waals surface area contributed by atoms with Crippen molar-refractivity contribution >= 4 is 5.78 Å². The lowest BCUT2D eigenvalue weighted by molar-refractivity contribution is -0.129. The fourth-order valence-electron chi connectivity index (χ4n) is 6.37. The molecular formula is C24H34O2. The molecule has 0 bridgehead atoms. The van der Waals surface area contributed by atoms with Crippen molar-refractivity contribution < 1.29 is 9.90 Å². The molecule has 26 heavy (non-hydrogen) atoms. The van der Waals surface area contributed by atoms with Crippen LogP contribution >= 0.6 is 0 Å². The van der Waals surface area contributed by atoms with Crippen molar-refractivity contribution in [1.29, 1.82) is 0 Å². The van der Waals surface area contributed by atoms with Gasteiger partial charge in [-0.25, -0.2) is 0 Å². The number of fused-ring (bicyclic) bond motifs is 5. The van der Waals surface area contributed by atoms with Crippen molar-refractivity contribution in [2.75, 3.05) is 0 Å². The van der Waals surface area contributed by atoms with E-state index in [9.17, 15) is 9.90 Å². The maximum Gasteiger partial charge on any atom is 0.139 e. The Balaban J connectivity index is 1.58. The van der Waals surface area contributed by atoms with Gasteiger partial charge in [0, 0.05) is 11.8 Å². The van der Waals surface area contributed by atoms with Crippen LogP contribution in [0, 0.1) is 17.3 Å². The second kappa shape index (κ2) is 7.02. The van der Waals surface area contributed by atoms with Gasteiger partial charge in [-0.05, 0) is 85.5 Å². The molecule has 1 N–H and O–H groups in total. The highest BCUT2D eigenvalue weighted by Gasteiger charge is 2.54. The van der Waals surface area contributed by atoms with Gasteiger partial charge in [0.15, 0.2) is 0 Å². The van der Waals surface area contributed by atoms with Gasteiger partial charge in [0.2, 0.25) is 0 Å². The monoisotopic (exact) mass is 354 g/mol. The summed E-state index contributed by atoms with van der Waals surface area (Å²) in [5.74, 6) is 2.90. The van der Waals surface area contributed by atoms with Gasteiger partial charge in [0.05, 0.1) is 0 Å². The highest BCUT2D eigenvalue weighted by atomic mass is 16.3. The molecule has 2 fully saturated rings. The zero-order valence-corrected chi connectivity index (χ0v) is 16.5. The van der Waals surface area contributed by atoms with Gasteiger partial charge in [-0.3, -0.25) is 4.79 Å². The quantitative estimate of drug-likeness (QED) is 0.664. The van der Waals surface area contributed by atoms with Crippen molar-refractivity contribution in [1.82, 2.24) is 0 Å². The molecule has 0 radical (unpaired) electrons. The number of rotatable bonds is 5. The summed E-state index contributed by atoms with van der Waals surface area (Å²) < 4.78 is 0. The molecule has 1 aromatic carbocycles. The van der Waals surface area contributed by atoms with Crippen LogP contribution in [0.2, 0.25) is 0 Å². The van der Waals surface area contributed by atoms with Crippen LogP contribution in [-0.4, -0.2) is 10.9 Å². The SMILES string of the molecule is CCCCCCc1cc2c(cc1O)CCC1C2CC[C@]2(C)C(=O)CCC12. The number of hydrogen-bond donors (Lipinski definition) is 1. The molecule has 3 aliphatic carbocycles. The molecule has 0 spiro atoms. The second-order valence-corrected chi connectivity index (χ2v) is 9.32. The number of unbranched alkanes of at least 4 members (excludes halogenated alkanes) is 3. The molecule has 4 rings (SSSR count). The number of hydrogen-bond acceptors (Lipinski definition) is 2. The Bertz CT molecular complexity index is 692. The number of Topliss-reactive ketones (excluding diaryl/α,β-unsaturated/α-hetero) is 1. The highest BCUT2D eigenvalue weighted by Crippen LogP contribution is 2.59. The standard InChI is InChI=1S/C24H34O2/c1-3-4-5-6-7-17-14-20-16(15-22(17)25)8-9-19-18(20)12-13-24(2)21(19)10-11-23(24)26/h14-15,18-19,21,25H,3-13H2,1-2H3/t18?,19?,21?,24-/m0/s1. The Labute approximate surface area is 158 Å². The minimum Gasteiger partial charge on any atom is -0.508 e. The predicted octanol–water partition coefficient (Wildman–Crippen LogP) is 5.94. The number of carbonyl (C=O) groups is 1. The zero-order valence-electron chi connectivity index (χ0n) is 16.5. The number of ketones is 1. The molecule has 2 heteroatoms. The summed E-state index contributed by atoms with van der Waals surface area (Å²) in [6.07, 6.45) is 12.3. The summed E-state index contributed by atoms with van der Waals surface area (Å²) in [6, 6.07) is 4.40. The van der Waals surface area contributed by atoms with Gasteiger partial charge in [-0.2, -0.15) is 0 Å². The van der Waals surface area contributed by atoms with Crippen molar-refractivity contribution in [3.05, 3.63) is 28.8 Å². The van der Waals surface area contributed by atoms with Crippen molar-refractivity contribution in [3.63, 3.8) is 0 Å². The third-order valence-electron chi connectivity index (χ3n) is 7.93. The van der Waals surface area contributed by atoms with Gasteiger partial charge >= 0.3 is 0 Å². The molecule has 2 saturated carbocycles. The summed E-state index contributed by atoms with van der Waals surface area (Å²) in [7, 11) is 0. The molecular weight excluding hydrogens is 320 g/mol. The number of phenols is 1. The summed E-state index contributed by atoms with van der Waals surface area (Å²) >= 11 is 0. The topological polar surface area (TPSA) is 37.3 Å². The molecule has 1 aromatic rings. The molecule has 142 valence electrons. The van der Waals surface area contributed by atoms with E-state index in [2.05, 4.69) is 26.0 Å². The van der Waals surface area contributed by atoms with Crippen molar-refractivity contribution in [3.8, 4) is 5.75 Å². The first-order valence-corrected chi connectivity index (χ1v) is 10.9. The average Bonchev–Trinajstić information content (AvgIpc) is 2.94. The molecule has 0 aromatic heterocycles. The van der Waals surface area contributed by atoms with Crippen LogP contribution in [0.3, 0.4) is 0 Å². The Kier molecular flexibility index (Phi) is 4.88. The van der Waals surface area contributed by atoms with E-state index in [-0.39, 0.29) is 5.41 Å².